The maximum Gasteiger partial charge on any atom is 0.110 e. The summed E-state index contributed by atoms with van der Waals surface area (Å²) in [5.41, 5.74) is 5.90. The first kappa shape index (κ1) is 9.02. The zero-order valence-corrected chi connectivity index (χ0v) is 8.72. The van der Waals surface area contributed by atoms with Gasteiger partial charge in [0.05, 0.1) is 6.07 Å². The number of hydrogen-bond donors (Lipinski definition) is 1. The van der Waals surface area contributed by atoms with E-state index in [1.165, 1.54) is 6.42 Å². The maximum absolute atomic E-state index is 9.17. The fourth-order valence-corrected chi connectivity index (χ4v) is 3.53. The van der Waals surface area contributed by atoms with Gasteiger partial charge in [-0.3, -0.25) is 0 Å². The Morgan fingerprint density at radius 2 is 2.00 bits per heavy atom. The van der Waals surface area contributed by atoms with Crippen LogP contribution >= 0.6 is 0 Å². The van der Waals surface area contributed by atoms with Gasteiger partial charge in [-0.15, -0.1) is 0 Å². The molecule has 2 bridgehead atoms. The first-order valence-electron chi connectivity index (χ1n) is 5.07. The van der Waals surface area contributed by atoms with Crippen LogP contribution in [-0.4, -0.2) is 5.54 Å². The van der Waals surface area contributed by atoms with Gasteiger partial charge < -0.3 is 5.73 Å². The quantitative estimate of drug-likeness (QED) is 0.617. The Morgan fingerprint density at radius 1 is 1.38 bits per heavy atom. The van der Waals surface area contributed by atoms with Crippen molar-refractivity contribution in [2.24, 2.45) is 22.5 Å². The molecule has 2 N–H and O–H groups in total. The summed E-state index contributed by atoms with van der Waals surface area (Å²) in [6.07, 6.45) is 3.27. The molecular formula is C11H18N2. The first-order valence-corrected chi connectivity index (χ1v) is 5.07. The van der Waals surface area contributed by atoms with Crippen molar-refractivity contribution < 1.29 is 0 Å². The minimum atomic E-state index is -0.570. The van der Waals surface area contributed by atoms with E-state index in [1.807, 2.05) is 0 Å². The highest BCUT2D eigenvalue weighted by atomic mass is 14.9. The molecule has 3 atom stereocenters. The van der Waals surface area contributed by atoms with E-state index in [9.17, 15) is 0 Å². The Balaban J connectivity index is 2.51. The molecule has 0 aromatic carbocycles. The van der Waals surface area contributed by atoms with Crippen molar-refractivity contribution in [3.63, 3.8) is 0 Å². The highest BCUT2D eigenvalue weighted by molar-refractivity contribution is 5.27. The van der Waals surface area contributed by atoms with Crippen molar-refractivity contribution in [3.8, 4) is 6.07 Å². The fourth-order valence-electron chi connectivity index (χ4n) is 3.53. The first-order chi connectivity index (χ1) is 5.87. The van der Waals surface area contributed by atoms with Gasteiger partial charge in [0.15, 0.2) is 0 Å². The standard InChI is InChI=1S/C11H18N2/c1-9(2)8-4-5-10(9,3)11(13,6-8)7-12/h8H,4-6,13H2,1-3H3/t8-,10-,11+/m1/s1. The molecule has 0 aromatic heterocycles. The molecule has 0 heterocycles. The summed E-state index contributed by atoms with van der Waals surface area (Å²) in [5, 5.41) is 9.17. The van der Waals surface area contributed by atoms with Crippen molar-refractivity contribution in [1.82, 2.24) is 0 Å². The molecule has 72 valence electrons. The fraction of sp³-hybridized carbons (Fsp3) is 0.909. The molecule has 2 nitrogen and oxygen atoms in total. The summed E-state index contributed by atoms with van der Waals surface area (Å²) in [5.74, 6) is 0.655. The average Bonchev–Trinajstić information content (AvgIpc) is 2.36. The molecular weight excluding hydrogens is 160 g/mol. The van der Waals surface area contributed by atoms with E-state index in [-0.39, 0.29) is 10.8 Å². The predicted molar refractivity (Wildman–Crippen MR) is 51.8 cm³/mol. The van der Waals surface area contributed by atoms with Crippen LogP contribution in [0.15, 0.2) is 0 Å². The van der Waals surface area contributed by atoms with E-state index < -0.39 is 5.54 Å². The molecule has 0 aliphatic heterocycles. The second-order valence-electron chi connectivity index (χ2n) is 5.58. The predicted octanol–water partition coefficient (Wildman–Crippen LogP) is 2.05. The Labute approximate surface area is 80.1 Å². The second kappa shape index (κ2) is 2.09. The zero-order valence-electron chi connectivity index (χ0n) is 8.72. The van der Waals surface area contributed by atoms with E-state index in [1.54, 1.807) is 0 Å². The van der Waals surface area contributed by atoms with E-state index in [0.717, 1.165) is 12.8 Å². The molecule has 2 aliphatic rings. The molecule has 0 radical (unpaired) electrons. The molecule has 0 amide bonds. The van der Waals surface area contributed by atoms with Crippen molar-refractivity contribution in [3.05, 3.63) is 0 Å². The number of nitriles is 1. The molecule has 13 heavy (non-hydrogen) atoms. The summed E-state index contributed by atoms with van der Waals surface area (Å²) in [6.45, 7) is 6.75. The van der Waals surface area contributed by atoms with Gasteiger partial charge in [0.25, 0.3) is 0 Å². The van der Waals surface area contributed by atoms with E-state index in [4.69, 9.17) is 11.0 Å². The Hall–Kier alpha value is -0.550. The molecule has 0 aromatic rings. The minimum absolute atomic E-state index is 0.0272. The summed E-state index contributed by atoms with van der Waals surface area (Å²) in [6, 6.07) is 2.35. The molecule has 0 unspecified atom stereocenters. The van der Waals surface area contributed by atoms with Crippen LogP contribution < -0.4 is 5.73 Å². The number of rotatable bonds is 0. The number of fused-ring (bicyclic) bond motifs is 2. The highest BCUT2D eigenvalue weighted by Crippen LogP contribution is 2.68. The van der Waals surface area contributed by atoms with Gasteiger partial charge in [0.2, 0.25) is 0 Å². The molecule has 0 saturated heterocycles. The van der Waals surface area contributed by atoms with E-state index >= 15 is 0 Å². The maximum atomic E-state index is 9.17. The van der Waals surface area contributed by atoms with Crippen LogP contribution in [0.5, 0.6) is 0 Å². The minimum Gasteiger partial charge on any atom is -0.313 e. The van der Waals surface area contributed by atoms with Gasteiger partial charge in [-0.25, -0.2) is 0 Å². The van der Waals surface area contributed by atoms with Gasteiger partial charge in [-0.2, -0.15) is 5.26 Å². The third-order valence-electron chi connectivity index (χ3n) is 5.19. The lowest BCUT2D eigenvalue weighted by atomic mass is 9.64. The third kappa shape index (κ3) is 0.729. The Morgan fingerprint density at radius 3 is 2.23 bits per heavy atom. The summed E-state index contributed by atoms with van der Waals surface area (Å²) >= 11 is 0. The number of nitrogens with two attached hydrogens (primary N) is 1. The van der Waals surface area contributed by atoms with Crippen LogP contribution in [0.25, 0.3) is 0 Å². The zero-order chi connectivity index (χ0) is 9.91. The van der Waals surface area contributed by atoms with Gasteiger partial charge in [0.1, 0.15) is 5.54 Å². The lowest BCUT2D eigenvalue weighted by Crippen LogP contribution is -2.53. The lowest BCUT2D eigenvalue weighted by molar-refractivity contribution is 0.108. The van der Waals surface area contributed by atoms with Crippen LogP contribution in [-0.2, 0) is 0 Å². The van der Waals surface area contributed by atoms with Crippen molar-refractivity contribution in [1.29, 1.82) is 5.26 Å². The SMILES string of the molecule is CC1(C)[C@@H]2CC[C@@]1(C)[C@@](N)(C#N)C2. The molecule has 2 rings (SSSR count). The van der Waals surface area contributed by atoms with Crippen molar-refractivity contribution in [2.45, 2.75) is 45.6 Å². The summed E-state index contributed by atoms with van der Waals surface area (Å²) in [4.78, 5) is 0. The molecule has 0 spiro atoms. The number of nitrogens with zero attached hydrogens (tertiary/aromatic N) is 1. The Bertz CT molecular complexity index is 289. The average molecular weight is 178 g/mol. The smallest absolute Gasteiger partial charge is 0.110 e. The van der Waals surface area contributed by atoms with Crippen LogP contribution in [0.1, 0.15) is 40.0 Å². The normalized spacial score (nSPS) is 52.1. The van der Waals surface area contributed by atoms with Gasteiger partial charge in [-0.05, 0) is 30.6 Å². The molecule has 2 heteroatoms. The topological polar surface area (TPSA) is 49.8 Å². The van der Waals surface area contributed by atoms with Gasteiger partial charge >= 0.3 is 0 Å². The summed E-state index contributed by atoms with van der Waals surface area (Å²) < 4.78 is 0. The van der Waals surface area contributed by atoms with Crippen molar-refractivity contribution in [2.75, 3.05) is 0 Å². The van der Waals surface area contributed by atoms with E-state index in [2.05, 4.69) is 26.8 Å². The highest BCUT2D eigenvalue weighted by Gasteiger charge is 2.67. The molecule has 2 saturated carbocycles. The van der Waals surface area contributed by atoms with Crippen LogP contribution in [0, 0.1) is 28.1 Å². The third-order valence-corrected chi connectivity index (χ3v) is 5.19. The van der Waals surface area contributed by atoms with Crippen molar-refractivity contribution >= 4 is 0 Å². The monoisotopic (exact) mass is 178 g/mol. The van der Waals surface area contributed by atoms with Crippen LogP contribution in [0.2, 0.25) is 0 Å². The molecule has 2 aliphatic carbocycles. The summed E-state index contributed by atoms with van der Waals surface area (Å²) in [7, 11) is 0. The van der Waals surface area contributed by atoms with Crippen LogP contribution in [0.3, 0.4) is 0 Å². The lowest BCUT2D eigenvalue weighted by Gasteiger charge is -2.42. The number of hydrogen-bond acceptors (Lipinski definition) is 2. The van der Waals surface area contributed by atoms with E-state index in [0.29, 0.717) is 5.92 Å². The van der Waals surface area contributed by atoms with Crippen LogP contribution in [0.4, 0.5) is 0 Å². The molecule has 2 fully saturated rings. The van der Waals surface area contributed by atoms with Gasteiger partial charge in [0, 0.05) is 5.41 Å². The van der Waals surface area contributed by atoms with Gasteiger partial charge in [-0.1, -0.05) is 20.8 Å². The second-order valence-corrected chi connectivity index (χ2v) is 5.58. The Kier molecular flexibility index (Phi) is 1.45. The largest absolute Gasteiger partial charge is 0.313 e.